The van der Waals surface area contributed by atoms with Gasteiger partial charge in [0.15, 0.2) is 0 Å². The smallest absolute Gasteiger partial charge is 0.141 e. The summed E-state index contributed by atoms with van der Waals surface area (Å²) in [6.07, 6.45) is 5.93. The molecule has 0 saturated heterocycles. The van der Waals surface area contributed by atoms with Crippen molar-refractivity contribution in [3.05, 3.63) is 28.8 Å². The lowest BCUT2D eigenvalue weighted by Crippen LogP contribution is -2.25. The van der Waals surface area contributed by atoms with Crippen molar-refractivity contribution in [3.8, 4) is 5.75 Å². The zero-order valence-electron chi connectivity index (χ0n) is 11.9. The number of benzene rings is 1. The average Bonchev–Trinajstić information content (AvgIpc) is 2.33. The molecule has 0 amide bonds. The Morgan fingerprint density at radius 2 is 2.21 bits per heavy atom. The van der Waals surface area contributed by atoms with Gasteiger partial charge in [0.05, 0.1) is 11.1 Å². The first kappa shape index (κ1) is 14.7. The fourth-order valence-corrected chi connectivity index (χ4v) is 3.08. The Kier molecular flexibility index (Phi) is 5.12. The molecule has 1 aliphatic rings. The summed E-state index contributed by atoms with van der Waals surface area (Å²) in [5.74, 6) is 1.60. The second-order valence-corrected chi connectivity index (χ2v) is 6.33. The second kappa shape index (κ2) is 6.62. The summed E-state index contributed by atoms with van der Waals surface area (Å²) in [5, 5.41) is 0.705. The Labute approximate surface area is 121 Å². The summed E-state index contributed by atoms with van der Waals surface area (Å²) >= 11 is 6.30. The Hall–Kier alpha value is -0.730. The van der Waals surface area contributed by atoms with E-state index >= 15 is 0 Å². The minimum Gasteiger partial charge on any atom is -0.489 e. The second-order valence-electron chi connectivity index (χ2n) is 5.92. The van der Waals surface area contributed by atoms with Crippen molar-refractivity contribution in [1.29, 1.82) is 0 Å². The minimum atomic E-state index is 0.117. The highest BCUT2D eigenvalue weighted by atomic mass is 35.5. The van der Waals surface area contributed by atoms with Crippen LogP contribution in [0.25, 0.3) is 0 Å². The molecule has 1 aromatic carbocycles. The van der Waals surface area contributed by atoms with Gasteiger partial charge in [-0.05, 0) is 50.2 Å². The molecule has 106 valence electrons. The van der Waals surface area contributed by atoms with Crippen LogP contribution in [0.3, 0.4) is 0 Å². The van der Waals surface area contributed by atoms with Gasteiger partial charge in [0.2, 0.25) is 0 Å². The third-order valence-electron chi connectivity index (χ3n) is 3.76. The molecule has 3 heteroatoms. The van der Waals surface area contributed by atoms with Crippen LogP contribution in [-0.4, -0.2) is 12.1 Å². The largest absolute Gasteiger partial charge is 0.489 e. The number of hydrogen-bond donors (Lipinski definition) is 1. The molecule has 1 fully saturated rings. The number of ether oxygens (including phenoxy) is 1. The Morgan fingerprint density at radius 3 is 2.89 bits per heavy atom. The van der Waals surface area contributed by atoms with Gasteiger partial charge < -0.3 is 10.5 Å². The maximum atomic E-state index is 6.30. The molecule has 1 aliphatic carbocycles. The monoisotopic (exact) mass is 281 g/mol. The topological polar surface area (TPSA) is 35.2 Å². The number of rotatable bonds is 4. The Morgan fingerprint density at radius 1 is 1.42 bits per heavy atom. The molecule has 1 saturated carbocycles. The molecule has 3 unspecified atom stereocenters. The first-order valence-corrected chi connectivity index (χ1v) is 7.63. The minimum absolute atomic E-state index is 0.117. The number of nitrogens with two attached hydrogens (primary N) is 1. The molecule has 0 aliphatic heterocycles. The predicted molar refractivity (Wildman–Crippen MR) is 80.9 cm³/mol. The maximum Gasteiger partial charge on any atom is 0.141 e. The van der Waals surface area contributed by atoms with Crippen molar-refractivity contribution >= 4 is 11.6 Å². The molecule has 2 rings (SSSR count). The van der Waals surface area contributed by atoms with Crippen molar-refractivity contribution in [1.82, 2.24) is 0 Å². The van der Waals surface area contributed by atoms with Gasteiger partial charge in [-0.25, -0.2) is 0 Å². The van der Waals surface area contributed by atoms with Gasteiger partial charge in [0.1, 0.15) is 5.75 Å². The van der Waals surface area contributed by atoms with Crippen LogP contribution in [0.2, 0.25) is 5.02 Å². The molecular formula is C16H24ClNO. The third-order valence-corrected chi connectivity index (χ3v) is 4.06. The summed E-state index contributed by atoms with van der Waals surface area (Å²) in [5.41, 5.74) is 7.03. The van der Waals surface area contributed by atoms with Crippen LogP contribution in [0.1, 0.15) is 45.1 Å². The summed E-state index contributed by atoms with van der Waals surface area (Å²) in [4.78, 5) is 0. The molecule has 0 heterocycles. The SMILES string of the molecule is CC(N)Cc1cccc(Cl)c1OC1CCCC(C)C1. The number of hydrogen-bond acceptors (Lipinski definition) is 2. The number of halogens is 1. The lowest BCUT2D eigenvalue weighted by atomic mass is 9.88. The zero-order valence-corrected chi connectivity index (χ0v) is 12.6. The average molecular weight is 282 g/mol. The van der Waals surface area contributed by atoms with Crippen LogP contribution >= 0.6 is 11.6 Å². The van der Waals surface area contributed by atoms with Crippen molar-refractivity contribution < 1.29 is 4.74 Å². The summed E-state index contributed by atoms with van der Waals surface area (Å²) < 4.78 is 6.20. The molecule has 3 atom stereocenters. The van der Waals surface area contributed by atoms with Crippen LogP contribution in [0.5, 0.6) is 5.75 Å². The van der Waals surface area contributed by atoms with Gasteiger partial charge in [-0.3, -0.25) is 0 Å². The van der Waals surface area contributed by atoms with Gasteiger partial charge in [0.25, 0.3) is 0 Å². The van der Waals surface area contributed by atoms with Crippen LogP contribution in [-0.2, 0) is 6.42 Å². The molecule has 19 heavy (non-hydrogen) atoms. The van der Waals surface area contributed by atoms with Crippen molar-refractivity contribution in [2.45, 2.75) is 58.1 Å². The summed E-state index contributed by atoms with van der Waals surface area (Å²) in [6.45, 7) is 4.30. The maximum absolute atomic E-state index is 6.30. The quantitative estimate of drug-likeness (QED) is 0.898. The Balaban J connectivity index is 2.13. The van der Waals surface area contributed by atoms with E-state index in [0.29, 0.717) is 11.1 Å². The van der Waals surface area contributed by atoms with Crippen LogP contribution in [0, 0.1) is 5.92 Å². The van der Waals surface area contributed by atoms with Crippen LogP contribution < -0.4 is 10.5 Å². The molecule has 2 nitrogen and oxygen atoms in total. The van der Waals surface area contributed by atoms with Crippen molar-refractivity contribution in [3.63, 3.8) is 0 Å². The van der Waals surface area contributed by atoms with Crippen LogP contribution in [0.4, 0.5) is 0 Å². The van der Waals surface area contributed by atoms with Gasteiger partial charge in [0, 0.05) is 6.04 Å². The van der Waals surface area contributed by atoms with E-state index in [1.165, 1.54) is 12.8 Å². The molecule has 2 N–H and O–H groups in total. The number of para-hydroxylation sites is 1. The van der Waals surface area contributed by atoms with Gasteiger partial charge in [-0.15, -0.1) is 0 Å². The van der Waals surface area contributed by atoms with E-state index in [9.17, 15) is 0 Å². The van der Waals surface area contributed by atoms with E-state index in [1.54, 1.807) is 0 Å². The lowest BCUT2D eigenvalue weighted by molar-refractivity contribution is 0.128. The van der Waals surface area contributed by atoms with Gasteiger partial charge in [-0.1, -0.05) is 37.1 Å². The van der Waals surface area contributed by atoms with Crippen molar-refractivity contribution in [2.75, 3.05) is 0 Å². The van der Waals surface area contributed by atoms with Gasteiger partial charge in [-0.2, -0.15) is 0 Å². The highest BCUT2D eigenvalue weighted by Crippen LogP contribution is 2.34. The summed E-state index contributed by atoms with van der Waals surface area (Å²) in [7, 11) is 0. The molecule has 0 bridgehead atoms. The van der Waals surface area contributed by atoms with E-state index in [0.717, 1.165) is 36.5 Å². The summed E-state index contributed by atoms with van der Waals surface area (Å²) in [6, 6.07) is 6.05. The fraction of sp³-hybridized carbons (Fsp3) is 0.625. The van der Waals surface area contributed by atoms with E-state index in [4.69, 9.17) is 22.1 Å². The fourth-order valence-electron chi connectivity index (χ4n) is 2.85. The predicted octanol–water partition coefficient (Wildman–Crippen LogP) is 4.19. The van der Waals surface area contributed by atoms with E-state index in [-0.39, 0.29) is 6.04 Å². The standard InChI is InChI=1S/C16H24ClNO/c1-11-5-3-7-14(9-11)19-16-13(10-12(2)18)6-4-8-15(16)17/h4,6,8,11-12,14H,3,5,7,9-10,18H2,1-2H3. The van der Waals surface area contributed by atoms with Crippen molar-refractivity contribution in [2.24, 2.45) is 11.7 Å². The van der Waals surface area contributed by atoms with Gasteiger partial charge >= 0.3 is 0 Å². The highest BCUT2D eigenvalue weighted by molar-refractivity contribution is 6.32. The zero-order chi connectivity index (χ0) is 13.8. The van der Waals surface area contributed by atoms with E-state index < -0.39 is 0 Å². The first-order chi connectivity index (χ1) is 9.06. The van der Waals surface area contributed by atoms with E-state index in [1.807, 2.05) is 19.1 Å². The van der Waals surface area contributed by atoms with E-state index in [2.05, 4.69) is 13.0 Å². The lowest BCUT2D eigenvalue weighted by Gasteiger charge is -2.28. The van der Waals surface area contributed by atoms with Crippen LogP contribution in [0.15, 0.2) is 18.2 Å². The molecule has 0 aromatic heterocycles. The molecule has 0 radical (unpaired) electrons. The third kappa shape index (κ3) is 4.12. The first-order valence-electron chi connectivity index (χ1n) is 7.26. The molecular weight excluding hydrogens is 258 g/mol. The Bertz CT molecular complexity index is 419. The normalized spacial score (nSPS) is 25.1. The highest BCUT2D eigenvalue weighted by Gasteiger charge is 2.22. The molecule has 0 spiro atoms. The molecule has 1 aromatic rings.